The number of benzene rings is 2. The Hall–Kier alpha value is -4.47. The van der Waals surface area contributed by atoms with Crippen LogP contribution in [0.3, 0.4) is 0 Å². The number of aromatic nitrogens is 6. The summed E-state index contributed by atoms with van der Waals surface area (Å²) in [7, 11) is 1.55. The molecule has 2 aromatic carbocycles. The van der Waals surface area contributed by atoms with Gasteiger partial charge in [0.05, 0.1) is 17.8 Å². The van der Waals surface area contributed by atoms with Crippen molar-refractivity contribution in [3.8, 4) is 33.6 Å². The molecule has 0 aliphatic heterocycles. The quantitative estimate of drug-likeness (QED) is 0.286. The predicted molar refractivity (Wildman–Crippen MR) is 149 cm³/mol. The van der Waals surface area contributed by atoms with Crippen LogP contribution >= 0.6 is 23.2 Å². The van der Waals surface area contributed by atoms with Gasteiger partial charge in [0.25, 0.3) is 5.56 Å². The summed E-state index contributed by atoms with van der Waals surface area (Å²) in [6.07, 6.45) is 1.65. The molecule has 0 saturated carbocycles. The first-order valence-electron chi connectivity index (χ1n) is 11.9. The third kappa shape index (κ3) is 4.45. The number of hydrogen-bond donors (Lipinski definition) is 0. The van der Waals surface area contributed by atoms with Gasteiger partial charge in [-0.15, -0.1) is 5.10 Å². The van der Waals surface area contributed by atoms with Crippen molar-refractivity contribution in [1.82, 2.24) is 29.1 Å². The van der Waals surface area contributed by atoms with Crippen molar-refractivity contribution >= 4 is 28.8 Å². The zero-order valence-corrected chi connectivity index (χ0v) is 22.3. The Morgan fingerprint density at radius 3 is 2.05 bits per heavy atom. The molecule has 0 fully saturated rings. The summed E-state index contributed by atoms with van der Waals surface area (Å²) >= 11 is 12.3. The van der Waals surface area contributed by atoms with Gasteiger partial charge in [0.1, 0.15) is 11.5 Å². The van der Waals surface area contributed by atoms with Crippen molar-refractivity contribution in [3.05, 3.63) is 115 Å². The number of fused-ring (bicyclic) bond motifs is 1. The predicted octanol–water partition coefficient (Wildman–Crippen LogP) is 5.24. The highest BCUT2D eigenvalue weighted by Gasteiger charge is 2.24. The van der Waals surface area contributed by atoms with Gasteiger partial charge in [0, 0.05) is 34.9 Å². The lowest BCUT2D eigenvalue weighted by Gasteiger charge is -2.16. The number of rotatable bonds is 5. The van der Waals surface area contributed by atoms with Gasteiger partial charge in [-0.05, 0) is 53.9 Å². The lowest BCUT2D eigenvalue weighted by Crippen LogP contribution is -2.34. The molecular weight excluding hydrogens is 539 g/mol. The molecule has 0 spiro atoms. The standard InChI is InChI=1S/C28H20Cl2N6O3/c1-16-13-23(33-39-16)22-12-3-17(14-31-22)15-35-27(37)25(19-6-10-21(30)11-7-19)24(18-4-8-20(29)9-5-18)26-32-34(2)28(38)36(26)35/h3-14H,15H2,1-2H3. The molecule has 0 aliphatic carbocycles. The fourth-order valence-electron chi connectivity index (χ4n) is 4.51. The third-order valence-corrected chi connectivity index (χ3v) is 6.88. The van der Waals surface area contributed by atoms with E-state index in [1.54, 1.807) is 80.8 Å². The zero-order chi connectivity index (χ0) is 27.3. The van der Waals surface area contributed by atoms with Gasteiger partial charge in [-0.25, -0.2) is 14.2 Å². The van der Waals surface area contributed by atoms with Crippen molar-refractivity contribution in [2.45, 2.75) is 13.5 Å². The van der Waals surface area contributed by atoms with Crippen LogP contribution in [0.25, 0.3) is 39.3 Å². The molecule has 4 heterocycles. The van der Waals surface area contributed by atoms with E-state index in [1.165, 1.54) is 13.9 Å². The van der Waals surface area contributed by atoms with Crippen LogP contribution in [0.5, 0.6) is 0 Å². The van der Waals surface area contributed by atoms with Gasteiger partial charge >= 0.3 is 5.69 Å². The van der Waals surface area contributed by atoms with Gasteiger partial charge in [-0.1, -0.05) is 58.7 Å². The van der Waals surface area contributed by atoms with E-state index in [-0.39, 0.29) is 12.1 Å². The fraction of sp³-hybridized carbons (Fsp3) is 0.107. The summed E-state index contributed by atoms with van der Waals surface area (Å²) in [5.41, 5.74) is 3.68. The Labute approximate surface area is 231 Å². The fourth-order valence-corrected chi connectivity index (χ4v) is 4.77. The SMILES string of the molecule is Cc1cc(-c2ccc(Cn3c(=O)c(-c4ccc(Cl)cc4)c(-c4ccc(Cl)cc4)c4nn(C)c(=O)n43)cn2)no1. The van der Waals surface area contributed by atoms with Crippen molar-refractivity contribution in [3.63, 3.8) is 0 Å². The van der Waals surface area contributed by atoms with Crippen LogP contribution in [-0.2, 0) is 13.6 Å². The normalized spacial score (nSPS) is 11.4. The number of halogens is 2. The summed E-state index contributed by atoms with van der Waals surface area (Å²) in [5.74, 6) is 0.677. The summed E-state index contributed by atoms with van der Waals surface area (Å²) < 4.78 is 9.04. The average molecular weight is 559 g/mol. The molecule has 6 aromatic rings. The van der Waals surface area contributed by atoms with Gasteiger partial charge in [0.2, 0.25) is 0 Å². The topological polar surface area (TPSA) is 100 Å². The highest BCUT2D eigenvalue weighted by molar-refractivity contribution is 6.31. The lowest BCUT2D eigenvalue weighted by molar-refractivity contribution is 0.399. The second-order valence-corrected chi connectivity index (χ2v) is 9.92. The van der Waals surface area contributed by atoms with Gasteiger partial charge in [-0.2, -0.15) is 4.52 Å². The number of aryl methyl sites for hydroxylation is 2. The van der Waals surface area contributed by atoms with E-state index in [2.05, 4.69) is 15.2 Å². The van der Waals surface area contributed by atoms with Crippen LogP contribution < -0.4 is 11.2 Å². The second-order valence-electron chi connectivity index (χ2n) is 9.04. The van der Waals surface area contributed by atoms with Crippen LogP contribution in [0.2, 0.25) is 10.0 Å². The van der Waals surface area contributed by atoms with E-state index < -0.39 is 5.69 Å². The van der Waals surface area contributed by atoms with Gasteiger partial charge < -0.3 is 4.52 Å². The lowest BCUT2D eigenvalue weighted by atomic mass is 9.96. The minimum Gasteiger partial charge on any atom is -0.361 e. The molecule has 11 heteroatoms. The zero-order valence-electron chi connectivity index (χ0n) is 20.8. The highest BCUT2D eigenvalue weighted by atomic mass is 35.5. The van der Waals surface area contributed by atoms with E-state index in [0.29, 0.717) is 60.7 Å². The Bertz CT molecular complexity index is 1950. The number of hydrogen-bond acceptors (Lipinski definition) is 6. The van der Waals surface area contributed by atoms with Crippen molar-refractivity contribution in [2.75, 3.05) is 0 Å². The molecule has 0 atom stereocenters. The van der Waals surface area contributed by atoms with E-state index in [9.17, 15) is 9.59 Å². The number of pyridine rings is 1. The van der Waals surface area contributed by atoms with E-state index >= 15 is 0 Å². The van der Waals surface area contributed by atoms with E-state index in [0.717, 1.165) is 0 Å². The molecule has 0 N–H and O–H groups in total. The average Bonchev–Trinajstić information content (AvgIpc) is 3.49. The van der Waals surface area contributed by atoms with Crippen molar-refractivity contribution in [1.29, 1.82) is 0 Å². The molecule has 4 aromatic heterocycles. The molecular formula is C28H20Cl2N6O3. The summed E-state index contributed by atoms with van der Waals surface area (Å²) in [6, 6.07) is 19.5. The number of nitrogens with zero attached hydrogens (tertiary/aromatic N) is 6. The first-order valence-corrected chi connectivity index (χ1v) is 12.7. The Kier molecular flexibility index (Phi) is 6.17. The smallest absolute Gasteiger partial charge is 0.361 e. The summed E-state index contributed by atoms with van der Waals surface area (Å²) in [5, 5.41) is 9.61. The van der Waals surface area contributed by atoms with E-state index in [1.807, 2.05) is 6.07 Å². The largest absolute Gasteiger partial charge is 0.365 e. The Balaban J connectivity index is 1.59. The van der Waals surface area contributed by atoms with Gasteiger partial charge in [-0.3, -0.25) is 9.78 Å². The molecule has 0 amide bonds. The van der Waals surface area contributed by atoms with Crippen LogP contribution in [0.1, 0.15) is 11.3 Å². The highest BCUT2D eigenvalue weighted by Crippen LogP contribution is 2.33. The summed E-state index contributed by atoms with van der Waals surface area (Å²) in [4.78, 5) is 32.0. The first kappa shape index (κ1) is 24.8. The molecule has 0 bridgehead atoms. The van der Waals surface area contributed by atoms with Gasteiger partial charge in [0.15, 0.2) is 5.65 Å². The minimum absolute atomic E-state index is 0.0769. The molecule has 194 valence electrons. The van der Waals surface area contributed by atoms with Crippen LogP contribution in [0.4, 0.5) is 0 Å². The first-order chi connectivity index (χ1) is 18.8. The molecule has 39 heavy (non-hydrogen) atoms. The molecule has 0 radical (unpaired) electrons. The maximum Gasteiger partial charge on any atom is 0.365 e. The monoisotopic (exact) mass is 558 g/mol. The maximum absolute atomic E-state index is 14.3. The van der Waals surface area contributed by atoms with Crippen LogP contribution in [-0.4, -0.2) is 29.1 Å². The third-order valence-electron chi connectivity index (χ3n) is 6.38. The molecule has 9 nitrogen and oxygen atoms in total. The summed E-state index contributed by atoms with van der Waals surface area (Å²) in [6.45, 7) is 1.88. The Morgan fingerprint density at radius 1 is 0.846 bits per heavy atom. The second kappa shape index (κ2) is 9.68. The molecule has 0 aliphatic rings. The molecule has 6 rings (SSSR count). The van der Waals surface area contributed by atoms with E-state index in [4.69, 9.17) is 27.7 Å². The van der Waals surface area contributed by atoms with Crippen molar-refractivity contribution in [2.24, 2.45) is 7.05 Å². The molecule has 0 unspecified atom stereocenters. The maximum atomic E-state index is 14.3. The Morgan fingerprint density at radius 2 is 1.49 bits per heavy atom. The van der Waals surface area contributed by atoms with Crippen LogP contribution in [0, 0.1) is 6.92 Å². The van der Waals surface area contributed by atoms with Crippen molar-refractivity contribution < 1.29 is 4.52 Å². The minimum atomic E-state index is -0.456. The van der Waals surface area contributed by atoms with Crippen LogP contribution in [0.15, 0.2) is 87.0 Å². The molecule has 0 saturated heterocycles.